The second kappa shape index (κ2) is 4.89. The molecule has 1 aromatic rings. The number of hydrogen-bond donors (Lipinski definition) is 3. The third-order valence-electron chi connectivity index (χ3n) is 2.88. The van der Waals surface area contributed by atoms with Gasteiger partial charge >= 0.3 is 0 Å². The summed E-state index contributed by atoms with van der Waals surface area (Å²) < 4.78 is 0. The molecule has 1 aliphatic carbocycles. The summed E-state index contributed by atoms with van der Waals surface area (Å²) in [6, 6.07) is 3.22. The van der Waals surface area contributed by atoms with E-state index in [0.717, 1.165) is 12.8 Å². The Kier molecular flexibility index (Phi) is 3.49. The van der Waals surface area contributed by atoms with Crippen molar-refractivity contribution in [1.82, 2.24) is 10.4 Å². The zero-order valence-electron chi connectivity index (χ0n) is 9.24. The molecule has 3 N–H and O–H groups in total. The number of nitrogens with one attached hydrogen (secondary N) is 2. The Morgan fingerprint density at radius 1 is 1.47 bits per heavy atom. The molecular formula is C11H14ClN3O2. The quantitative estimate of drug-likeness (QED) is 0.716. The number of halogens is 1. The Morgan fingerprint density at radius 3 is 2.82 bits per heavy atom. The Bertz CT molecular complexity index is 419. The van der Waals surface area contributed by atoms with Gasteiger partial charge in [0, 0.05) is 17.3 Å². The first-order valence-corrected chi connectivity index (χ1v) is 5.88. The maximum absolute atomic E-state index is 11.7. The number of carbonyl (C=O) groups is 1. The normalized spacial score (nSPS) is 17.8. The highest BCUT2D eigenvalue weighted by Crippen LogP contribution is 2.29. The lowest BCUT2D eigenvalue weighted by molar-refractivity contribution is -0.138. The fraction of sp³-hybridized carbons (Fsp3) is 0.455. The number of aliphatic hydroxyl groups is 1. The molecule has 0 aromatic carbocycles. The maximum atomic E-state index is 11.7. The van der Waals surface area contributed by atoms with Gasteiger partial charge < -0.3 is 5.11 Å². The molecule has 0 atom stereocenters. The highest BCUT2D eigenvalue weighted by atomic mass is 35.5. The molecule has 1 aliphatic rings. The molecular weight excluding hydrogens is 242 g/mol. The van der Waals surface area contributed by atoms with Gasteiger partial charge in [0.2, 0.25) is 0 Å². The van der Waals surface area contributed by atoms with Gasteiger partial charge in [0.15, 0.2) is 0 Å². The van der Waals surface area contributed by atoms with Crippen LogP contribution >= 0.6 is 11.6 Å². The highest BCUT2D eigenvalue weighted by Gasteiger charge is 2.38. The summed E-state index contributed by atoms with van der Waals surface area (Å²) in [6.07, 6.45) is 4.28. The molecule has 17 heavy (non-hydrogen) atoms. The van der Waals surface area contributed by atoms with Crippen molar-refractivity contribution in [2.45, 2.75) is 31.3 Å². The summed E-state index contributed by atoms with van der Waals surface area (Å²) in [5.74, 6) is 0.0178. The molecule has 0 bridgehead atoms. The van der Waals surface area contributed by atoms with E-state index in [1.165, 1.54) is 6.20 Å². The molecule has 6 heteroatoms. The lowest BCUT2D eigenvalue weighted by atomic mass is 10.0. The number of rotatable bonds is 3. The van der Waals surface area contributed by atoms with Crippen LogP contribution in [0.2, 0.25) is 5.02 Å². The van der Waals surface area contributed by atoms with Gasteiger partial charge in [-0.1, -0.05) is 11.6 Å². The van der Waals surface area contributed by atoms with Crippen molar-refractivity contribution >= 4 is 23.3 Å². The number of pyridine rings is 1. The predicted molar refractivity (Wildman–Crippen MR) is 64.4 cm³/mol. The third-order valence-corrected chi connectivity index (χ3v) is 3.11. The molecule has 0 unspecified atom stereocenters. The second-order valence-electron chi connectivity index (χ2n) is 4.18. The van der Waals surface area contributed by atoms with E-state index >= 15 is 0 Å². The van der Waals surface area contributed by atoms with Crippen molar-refractivity contribution in [3.05, 3.63) is 23.4 Å². The van der Waals surface area contributed by atoms with Gasteiger partial charge in [-0.15, -0.1) is 0 Å². The molecule has 92 valence electrons. The number of hydrazine groups is 1. The van der Waals surface area contributed by atoms with E-state index in [9.17, 15) is 9.90 Å². The topological polar surface area (TPSA) is 74.2 Å². The van der Waals surface area contributed by atoms with Gasteiger partial charge in [0.25, 0.3) is 5.91 Å². The minimum atomic E-state index is -1.24. The zero-order chi connectivity index (χ0) is 12.3. The fourth-order valence-corrected chi connectivity index (χ4v) is 2.06. The van der Waals surface area contributed by atoms with E-state index in [-0.39, 0.29) is 0 Å². The van der Waals surface area contributed by atoms with Crippen LogP contribution in [-0.4, -0.2) is 21.6 Å². The Labute approximate surface area is 104 Å². The number of hydrogen-bond acceptors (Lipinski definition) is 4. The van der Waals surface area contributed by atoms with Crippen LogP contribution in [0.15, 0.2) is 18.3 Å². The van der Waals surface area contributed by atoms with E-state index in [4.69, 9.17) is 11.6 Å². The van der Waals surface area contributed by atoms with Crippen molar-refractivity contribution in [3.63, 3.8) is 0 Å². The van der Waals surface area contributed by atoms with Crippen molar-refractivity contribution < 1.29 is 9.90 Å². The van der Waals surface area contributed by atoms with Gasteiger partial charge in [-0.3, -0.25) is 15.6 Å². The summed E-state index contributed by atoms with van der Waals surface area (Å²) in [6.45, 7) is 0. The Balaban J connectivity index is 1.92. The van der Waals surface area contributed by atoms with Gasteiger partial charge in [-0.05, 0) is 31.7 Å². The van der Waals surface area contributed by atoms with Crippen LogP contribution in [0.25, 0.3) is 0 Å². The molecule has 1 aromatic heterocycles. The third kappa shape index (κ3) is 2.87. The Morgan fingerprint density at radius 2 is 2.18 bits per heavy atom. The summed E-state index contributed by atoms with van der Waals surface area (Å²) in [5, 5.41) is 10.5. The zero-order valence-corrected chi connectivity index (χ0v) is 10.00. The number of anilines is 1. The van der Waals surface area contributed by atoms with E-state index in [2.05, 4.69) is 15.8 Å². The SMILES string of the molecule is O=C(NNc1cc(Cl)ccn1)C1(O)CCCC1. The minimum absolute atomic E-state index is 0.420. The number of amides is 1. The summed E-state index contributed by atoms with van der Waals surface area (Å²) in [7, 11) is 0. The molecule has 1 heterocycles. The van der Waals surface area contributed by atoms with Gasteiger partial charge in [0.1, 0.15) is 11.4 Å². The monoisotopic (exact) mass is 255 g/mol. The largest absolute Gasteiger partial charge is 0.380 e. The predicted octanol–water partition coefficient (Wildman–Crippen LogP) is 1.48. The van der Waals surface area contributed by atoms with Gasteiger partial charge in [0.05, 0.1) is 0 Å². The standard InChI is InChI=1S/C11H14ClN3O2/c12-8-3-6-13-9(7-8)14-15-10(16)11(17)4-1-2-5-11/h3,6-7,17H,1-2,4-5H2,(H,13,14)(H,15,16). The average molecular weight is 256 g/mol. The van der Waals surface area contributed by atoms with Crippen LogP contribution in [0.5, 0.6) is 0 Å². The molecule has 5 nitrogen and oxygen atoms in total. The minimum Gasteiger partial charge on any atom is -0.380 e. The first kappa shape index (κ1) is 12.1. The maximum Gasteiger partial charge on any atom is 0.270 e. The smallest absolute Gasteiger partial charge is 0.270 e. The van der Waals surface area contributed by atoms with Gasteiger partial charge in [-0.25, -0.2) is 4.98 Å². The van der Waals surface area contributed by atoms with E-state index in [1.54, 1.807) is 12.1 Å². The van der Waals surface area contributed by atoms with Crippen molar-refractivity contribution in [3.8, 4) is 0 Å². The first-order valence-electron chi connectivity index (χ1n) is 5.50. The van der Waals surface area contributed by atoms with Crippen LogP contribution in [0, 0.1) is 0 Å². The summed E-state index contributed by atoms with van der Waals surface area (Å²) in [5.41, 5.74) is 3.84. The molecule has 1 amide bonds. The van der Waals surface area contributed by atoms with Crippen LogP contribution in [0.3, 0.4) is 0 Å². The molecule has 0 aliphatic heterocycles. The van der Waals surface area contributed by atoms with Crippen LogP contribution < -0.4 is 10.9 Å². The van der Waals surface area contributed by atoms with Gasteiger partial charge in [-0.2, -0.15) is 0 Å². The summed E-state index contributed by atoms with van der Waals surface area (Å²) in [4.78, 5) is 15.7. The summed E-state index contributed by atoms with van der Waals surface area (Å²) >= 11 is 5.77. The average Bonchev–Trinajstić information content (AvgIpc) is 2.74. The van der Waals surface area contributed by atoms with Crippen molar-refractivity contribution in [2.24, 2.45) is 0 Å². The van der Waals surface area contributed by atoms with E-state index in [0.29, 0.717) is 23.7 Å². The lowest BCUT2D eigenvalue weighted by Gasteiger charge is -2.21. The lowest BCUT2D eigenvalue weighted by Crippen LogP contribution is -2.47. The molecule has 0 saturated heterocycles. The van der Waals surface area contributed by atoms with Crippen molar-refractivity contribution in [2.75, 3.05) is 5.43 Å². The molecule has 2 rings (SSSR count). The van der Waals surface area contributed by atoms with Crippen LogP contribution in [0.4, 0.5) is 5.82 Å². The number of carbonyl (C=O) groups excluding carboxylic acids is 1. The van der Waals surface area contributed by atoms with E-state index < -0.39 is 11.5 Å². The first-order chi connectivity index (χ1) is 8.10. The second-order valence-corrected chi connectivity index (χ2v) is 4.61. The van der Waals surface area contributed by atoms with Crippen LogP contribution in [0.1, 0.15) is 25.7 Å². The van der Waals surface area contributed by atoms with E-state index in [1.807, 2.05) is 0 Å². The molecule has 0 spiro atoms. The molecule has 1 saturated carbocycles. The number of aromatic nitrogens is 1. The molecule has 0 radical (unpaired) electrons. The fourth-order valence-electron chi connectivity index (χ4n) is 1.90. The molecule has 1 fully saturated rings. The highest BCUT2D eigenvalue weighted by molar-refractivity contribution is 6.30. The van der Waals surface area contributed by atoms with Crippen molar-refractivity contribution in [1.29, 1.82) is 0 Å². The van der Waals surface area contributed by atoms with Crippen LogP contribution in [-0.2, 0) is 4.79 Å². The number of nitrogens with zero attached hydrogens (tertiary/aromatic N) is 1. The Hall–Kier alpha value is -1.33.